The van der Waals surface area contributed by atoms with Crippen molar-refractivity contribution in [1.82, 2.24) is 15.5 Å². The fourth-order valence-electron chi connectivity index (χ4n) is 1.99. The Hall–Kier alpha value is -1.75. The summed E-state index contributed by atoms with van der Waals surface area (Å²) in [5, 5.41) is 7.23. The van der Waals surface area contributed by atoms with Crippen molar-refractivity contribution in [1.29, 1.82) is 0 Å². The number of aromatic nitrogens is 2. The Morgan fingerprint density at radius 2 is 2.12 bits per heavy atom. The standard InChI is InChI=1S/C12H12FN3O/c13-10-3-1-8(2-4-10)12-15-11(16-17-12)9-5-6-14-7-9/h1-4,9,14H,5-7H2. The summed E-state index contributed by atoms with van der Waals surface area (Å²) in [6, 6.07) is 6.05. The van der Waals surface area contributed by atoms with Crippen molar-refractivity contribution in [3.8, 4) is 11.5 Å². The summed E-state index contributed by atoms with van der Waals surface area (Å²) in [5.74, 6) is 1.24. The molecule has 0 saturated carbocycles. The third kappa shape index (κ3) is 2.06. The fourth-order valence-corrected chi connectivity index (χ4v) is 1.99. The molecule has 4 nitrogen and oxygen atoms in total. The van der Waals surface area contributed by atoms with Crippen molar-refractivity contribution in [2.45, 2.75) is 12.3 Å². The molecule has 1 atom stereocenters. The lowest BCUT2D eigenvalue weighted by molar-refractivity contribution is 0.417. The highest BCUT2D eigenvalue weighted by Crippen LogP contribution is 2.23. The largest absolute Gasteiger partial charge is 0.334 e. The van der Waals surface area contributed by atoms with Gasteiger partial charge in [-0.15, -0.1) is 0 Å². The Morgan fingerprint density at radius 3 is 2.82 bits per heavy atom. The van der Waals surface area contributed by atoms with E-state index in [9.17, 15) is 4.39 Å². The molecule has 5 heteroatoms. The van der Waals surface area contributed by atoms with E-state index < -0.39 is 0 Å². The van der Waals surface area contributed by atoms with Crippen molar-refractivity contribution >= 4 is 0 Å². The molecule has 1 unspecified atom stereocenters. The Bertz CT molecular complexity index is 503. The van der Waals surface area contributed by atoms with Gasteiger partial charge in [-0.25, -0.2) is 4.39 Å². The minimum Gasteiger partial charge on any atom is -0.334 e. The van der Waals surface area contributed by atoms with E-state index in [-0.39, 0.29) is 5.82 Å². The molecular formula is C12H12FN3O. The molecule has 1 aliphatic rings. The molecule has 0 radical (unpaired) electrons. The van der Waals surface area contributed by atoms with Gasteiger partial charge in [0.2, 0.25) is 0 Å². The van der Waals surface area contributed by atoms with Gasteiger partial charge in [-0.1, -0.05) is 5.16 Å². The fraction of sp³-hybridized carbons (Fsp3) is 0.333. The van der Waals surface area contributed by atoms with E-state index in [0.717, 1.165) is 30.9 Å². The highest BCUT2D eigenvalue weighted by atomic mass is 19.1. The van der Waals surface area contributed by atoms with E-state index in [1.807, 2.05) is 0 Å². The van der Waals surface area contributed by atoms with Gasteiger partial charge in [-0.3, -0.25) is 0 Å². The van der Waals surface area contributed by atoms with Gasteiger partial charge in [0.15, 0.2) is 5.82 Å². The van der Waals surface area contributed by atoms with E-state index in [2.05, 4.69) is 15.5 Å². The maximum Gasteiger partial charge on any atom is 0.257 e. The minimum absolute atomic E-state index is 0.270. The number of halogens is 1. The smallest absolute Gasteiger partial charge is 0.257 e. The van der Waals surface area contributed by atoms with E-state index >= 15 is 0 Å². The first-order valence-corrected chi connectivity index (χ1v) is 5.63. The minimum atomic E-state index is -0.270. The monoisotopic (exact) mass is 233 g/mol. The normalized spacial score (nSPS) is 19.7. The van der Waals surface area contributed by atoms with E-state index in [1.54, 1.807) is 12.1 Å². The predicted octanol–water partition coefficient (Wildman–Crippen LogP) is 1.95. The molecule has 0 amide bonds. The molecule has 17 heavy (non-hydrogen) atoms. The molecule has 1 aliphatic heterocycles. The second kappa shape index (κ2) is 4.25. The summed E-state index contributed by atoms with van der Waals surface area (Å²) >= 11 is 0. The maximum atomic E-state index is 12.8. The van der Waals surface area contributed by atoms with Crippen LogP contribution >= 0.6 is 0 Å². The van der Waals surface area contributed by atoms with Crippen LogP contribution in [0.1, 0.15) is 18.2 Å². The lowest BCUT2D eigenvalue weighted by atomic mass is 10.1. The van der Waals surface area contributed by atoms with Gasteiger partial charge in [-0.2, -0.15) is 4.98 Å². The van der Waals surface area contributed by atoms with Crippen LogP contribution in [0.5, 0.6) is 0 Å². The van der Waals surface area contributed by atoms with Crippen molar-refractivity contribution in [3.05, 3.63) is 35.9 Å². The average molecular weight is 233 g/mol. The van der Waals surface area contributed by atoms with Crippen molar-refractivity contribution in [2.24, 2.45) is 0 Å². The van der Waals surface area contributed by atoms with Crippen molar-refractivity contribution in [3.63, 3.8) is 0 Å². The first kappa shape index (κ1) is 10.4. The summed E-state index contributed by atoms with van der Waals surface area (Å²) < 4.78 is 18.0. The molecule has 3 rings (SSSR count). The number of nitrogens with zero attached hydrogens (tertiary/aromatic N) is 2. The Balaban J connectivity index is 1.86. The van der Waals surface area contributed by atoms with Gasteiger partial charge in [0, 0.05) is 18.0 Å². The highest BCUT2D eigenvalue weighted by molar-refractivity contribution is 5.52. The lowest BCUT2D eigenvalue weighted by Gasteiger charge is -1.98. The van der Waals surface area contributed by atoms with E-state index in [1.165, 1.54) is 12.1 Å². The predicted molar refractivity (Wildman–Crippen MR) is 59.9 cm³/mol. The molecule has 1 aromatic heterocycles. The van der Waals surface area contributed by atoms with Crippen LogP contribution in [-0.2, 0) is 0 Å². The number of rotatable bonds is 2. The van der Waals surface area contributed by atoms with Gasteiger partial charge in [0.1, 0.15) is 5.82 Å². The van der Waals surface area contributed by atoms with Crippen LogP contribution in [0.25, 0.3) is 11.5 Å². The highest BCUT2D eigenvalue weighted by Gasteiger charge is 2.22. The molecule has 88 valence electrons. The van der Waals surface area contributed by atoms with Gasteiger partial charge >= 0.3 is 0 Å². The summed E-state index contributed by atoms with van der Waals surface area (Å²) in [4.78, 5) is 4.35. The third-order valence-electron chi connectivity index (χ3n) is 2.96. The van der Waals surface area contributed by atoms with Crippen molar-refractivity contribution < 1.29 is 8.91 Å². The van der Waals surface area contributed by atoms with E-state index in [0.29, 0.717) is 11.8 Å². The van der Waals surface area contributed by atoms with Crippen LogP contribution in [-0.4, -0.2) is 23.2 Å². The van der Waals surface area contributed by atoms with Crippen LogP contribution in [0.3, 0.4) is 0 Å². The van der Waals surface area contributed by atoms with Crippen LogP contribution in [0.4, 0.5) is 4.39 Å². The second-order valence-electron chi connectivity index (χ2n) is 4.15. The van der Waals surface area contributed by atoms with Crippen LogP contribution in [0.15, 0.2) is 28.8 Å². The number of hydrogen-bond acceptors (Lipinski definition) is 4. The molecule has 1 fully saturated rings. The molecule has 0 aliphatic carbocycles. The van der Waals surface area contributed by atoms with Crippen LogP contribution in [0.2, 0.25) is 0 Å². The molecular weight excluding hydrogens is 221 g/mol. The summed E-state index contributed by atoms with van der Waals surface area (Å²) in [6.45, 7) is 1.88. The number of benzene rings is 1. The zero-order valence-corrected chi connectivity index (χ0v) is 9.19. The van der Waals surface area contributed by atoms with Crippen molar-refractivity contribution in [2.75, 3.05) is 13.1 Å². The Kier molecular flexibility index (Phi) is 2.60. The average Bonchev–Trinajstić information content (AvgIpc) is 3.00. The first-order chi connectivity index (χ1) is 8.33. The quantitative estimate of drug-likeness (QED) is 0.861. The van der Waals surface area contributed by atoms with Crippen LogP contribution < -0.4 is 5.32 Å². The molecule has 1 aromatic carbocycles. The SMILES string of the molecule is Fc1ccc(-c2nc(C3CCNC3)no2)cc1. The summed E-state index contributed by atoms with van der Waals surface area (Å²) in [6.07, 6.45) is 1.03. The Labute approximate surface area is 97.8 Å². The molecule has 2 heterocycles. The lowest BCUT2D eigenvalue weighted by Crippen LogP contribution is -2.08. The molecule has 1 saturated heterocycles. The molecule has 2 aromatic rings. The molecule has 1 N–H and O–H groups in total. The Morgan fingerprint density at radius 1 is 1.29 bits per heavy atom. The first-order valence-electron chi connectivity index (χ1n) is 5.63. The van der Waals surface area contributed by atoms with Gasteiger partial charge in [-0.05, 0) is 37.2 Å². The number of nitrogens with one attached hydrogen (secondary N) is 1. The number of hydrogen-bond donors (Lipinski definition) is 1. The topological polar surface area (TPSA) is 51.0 Å². The zero-order valence-electron chi connectivity index (χ0n) is 9.19. The molecule has 0 spiro atoms. The van der Waals surface area contributed by atoms with E-state index in [4.69, 9.17) is 4.52 Å². The summed E-state index contributed by atoms with van der Waals surface area (Å²) in [5.41, 5.74) is 0.746. The van der Waals surface area contributed by atoms with Gasteiger partial charge in [0.25, 0.3) is 5.89 Å². The van der Waals surface area contributed by atoms with Gasteiger partial charge in [0.05, 0.1) is 0 Å². The summed E-state index contributed by atoms with van der Waals surface area (Å²) in [7, 11) is 0. The van der Waals surface area contributed by atoms with Crippen LogP contribution in [0, 0.1) is 5.82 Å². The third-order valence-corrected chi connectivity index (χ3v) is 2.96. The zero-order chi connectivity index (χ0) is 11.7. The second-order valence-corrected chi connectivity index (χ2v) is 4.15. The molecule has 0 bridgehead atoms. The maximum absolute atomic E-state index is 12.8. The van der Waals surface area contributed by atoms with Gasteiger partial charge < -0.3 is 9.84 Å².